The molecule has 6 heteroatoms. The van der Waals surface area contributed by atoms with Gasteiger partial charge in [-0.05, 0) is 17.7 Å². The minimum Gasteiger partial charge on any atom is -0.464 e. The van der Waals surface area contributed by atoms with E-state index in [1.54, 1.807) is 12.1 Å². The Morgan fingerprint density at radius 3 is 3.00 bits per heavy atom. The third-order valence-corrected chi connectivity index (χ3v) is 2.55. The van der Waals surface area contributed by atoms with Crippen LogP contribution in [0.25, 0.3) is 0 Å². The maximum absolute atomic E-state index is 10.1. The number of hydrogen-bond acceptors (Lipinski definition) is 2. The van der Waals surface area contributed by atoms with Gasteiger partial charge in [0.1, 0.15) is 0 Å². The molecule has 4 nitrogen and oxygen atoms in total. The first-order chi connectivity index (χ1) is 7.09. The van der Waals surface area contributed by atoms with E-state index in [0.717, 1.165) is 10.0 Å². The molecule has 0 saturated heterocycles. The molecule has 0 radical (unpaired) electrons. The largest absolute Gasteiger partial charge is 0.464 e. The molecular formula is C9H8BrClN2O2. The zero-order valence-corrected chi connectivity index (χ0v) is 9.92. The van der Waals surface area contributed by atoms with E-state index in [1.165, 1.54) is 6.21 Å². The molecule has 1 rings (SSSR count). The van der Waals surface area contributed by atoms with E-state index in [2.05, 4.69) is 21.0 Å². The molecule has 0 aliphatic rings. The number of hydrogen-bond donors (Lipinski definition) is 2. The molecule has 0 saturated carbocycles. The first-order valence-electron chi connectivity index (χ1n) is 4.04. The van der Waals surface area contributed by atoms with Crippen LogP contribution in [0.3, 0.4) is 0 Å². The van der Waals surface area contributed by atoms with Crippen molar-refractivity contribution in [2.24, 2.45) is 5.10 Å². The highest BCUT2D eigenvalue weighted by Gasteiger charge is 1.98. The maximum atomic E-state index is 10.1. The number of hydrazone groups is 1. The van der Waals surface area contributed by atoms with Gasteiger partial charge in [0.2, 0.25) is 0 Å². The normalized spacial score (nSPS) is 10.5. The summed E-state index contributed by atoms with van der Waals surface area (Å²) < 4.78 is 0.872. The summed E-state index contributed by atoms with van der Waals surface area (Å²) >= 11 is 9.11. The maximum Gasteiger partial charge on any atom is 0.425 e. The van der Waals surface area contributed by atoms with Gasteiger partial charge in [0.05, 0.1) is 0 Å². The van der Waals surface area contributed by atoms with E-state index in [1.807, 2.05) is 11.5 Å². The SMILES string of the molecule is O=C(O)NN=CCc1ccc(Cl)cc1Br. The van der Waals surface area contributed by atoms with Crippen molar-refractivity contribution in [1.82, 2.24) is 5.43 Å². The lowest BCUT2D eigenvalue weighted by molar-refractivity contribution is 0.195. The molecule has 0 unspecified atom stereocenters. The highest BCUT2D eigenvalue weighted by molar-refractivity contribution is 9.10. The molecule has 0 aromatic heterocycles. The minimum atomic E-state index is -1.18. The van der Waals surface area contributed by atoms with Crippen LogP contribution in [0.5, 0.6) is 0 Å². The fourth-order valence-corrected chi connectivity index (χ4v) is 1.78. The van der Waals surface area contributed by atoms with Crippen LogP contribution in [0.15, 0.2) is 27.8 Å². The van der Waals surface area contributed by atoms with E-state index in [-0.39, 0.29) is 0 Å². The van der Waals surface area contributed by atoms with Crippen LogP contribution in [0, 0.1) is 0 Å². The summed E-state index contributed by atoms with van der Waals surface area (Å²) in [6.07, 6.45) is 0.821. The Kier molecular flexibility index (Phi) is 4.58. The zero-order chi connectivity index (χ0) is 11.3. The number of amides is 1. The van der Waals surface area contributed by atoms with Crippen molar-refractivity contribution in [3.8, 4) is 0 Å². The van der Waals surface area contributed by atoms with Crippen LogP contribution < -0.4 is 5.43 Å². The summed E-state index contributed by atoms with van der Waals surface area (Å²) in [6.45, 7) is 0. The van der Waals surface area contributed by atoms with E-state index in [9.17, 15) is 4.79 Å². The van der Waals surface area contributed by atoms with Crippen molar-refractivity contribution in [2.45, 2.75) is 6.42 Å². The van der Waals surface area contributed by atoms with Crippen LogP contribution in [0.4, 0.5) is 4.79 Å². The second-order valence-electron chi connectivity index (χ2n) is 2.67. The third kappa shape index (κ3) is 4.31. The lowest BCUT2D eigenvalue weighted by Crippen LogP contribution is -2.13. The van der Waals surface area contributed by atoms with Gasteiger partial charge in [-0.1, -0.05) is 33.6 Å². The molecule has 1 aromatic carbocycles. The highest BCUT2D eigenvalue weighted by Crippen LogP contribution is 2.21. The summed E-state index contributed by atoms with van der Waals surface area (Å²) in [5, 5.41) is 12.4. The monoisotopic (exact) mass is 290 g/mol. The Bertz CT molecular complexity index is 396. The van der Waals surface area contributed by atoms with Crippen molar-refractivity contribution in [3.05, 3.63) is 33.3 Å². The van der Waals surface area contributed by atoms with Crippen molar-refractivity contribution in [3.63, 3.8) is 0 Å². The molecule has 0 heterocycles. The predicted molar refractivity (Wildman–Crippen MR) is 62.5 cm³/mol. The summed E-state index contributed by atoms with van der Waals surface area (Å²) in [6, 6.07) is 5.38. The van der Waals surface area contributed by atoms with Gasteiger partial charge in [0, 0.05) is 22.1 Å². The number of halogens is 2. The van der Waals surface area contributed by atoms with E-state index < -0.39 is 6.09 Å². The Balaban J connectivity index is 2.58. The summed E-state index contributed by atoms with van der Waals surface area (Å²) in [4.78, 5) is 10.1. The summed E-state index contributed by atoms with van der Waals surface area (Å²) in [5.41, 5.74) is 2.87. The van der Waals surface area contributed by atoms with Gasteiger partial charge < -0.3 is 5.11 Å². The molecule has 0 spiro atoms. The number of nitrogens with zero attached hydrogens (tertiary/aromatic N) is 1. The van der Waals surface area contributed by atoms with Gasteiger partial charge >= 0.3 is 6.09 Å². The Morgan fingerprint density at radius 1 is 1.67 bits per heavy atom. The fraction of sp³-hybridized carbons (Fsp3) is 0.111. The topological polar surface area (TPSA) is 61.7 Å². The second kappa shape index (κ2) is 5.72. The van der Waals surface area contributed by atoms with E-state index >= 15 is 0 Å². The molecule has 0 bridgehead atoms. The van der Waals surface area contributed by atoms with Gasteiger partial charge in [-0.3, -0.25) is 0 Å². The standard InChI is InChI=1S/C9H8BrClN2O2/c10-8-5-7(11)2-1-6(8)3-4-12-13-9(14)15/h1-2,4-5,13H,3H2,(H,14,15). The van der Waals surface area contributed by atoms with Crippen molar-refractivity contribution < 1.29 is 9.90 Å². The molecule has 0 fully saturated rings. The molecule has 80 valence electrons. The molecule has 0 aliphatic carbocycles. The molecule has 1 aromatic rings. The molecule has 0 aliphatic heterocycles. The zero-order valence-electron chi connectivity index (χ0n) is 7.58. The quantitative estimate of drug-likeness (QED) is 0.664. The van der Waals surface area contributed by atoms with Gasteiger partial charge in [0.25, 0.3) is 0 Å². The molecule has 15 heavy (non-hydrogen) atoms. The molecule has 1 amide bonds. The minimum absolute atomic E-state index is 0.526. The number of carbonyl (C=O) groups is 1. The highest BCUT2D eigenvalue weighted by atomic mass is 79.9. The van der Waals surface area contributed by atoms with Crippen LogP contribution in [0.2, 0.25) is 5.02 Å². The first kappa shape index (κ1) is 12.0. The van der Waals surface area contributed by atoms with Crippen LogP contribution in [-0.4, -0.2) is 17.4 Å². The second-order valence-corrected chi connectivity index (χ2v) is 3.96. The van der Waals surface area contributed by atoms with Crippen molar-refractivity contribution in [1.29, 1.82) is 0 Å². The number of carboxylic acid groups (broad SMARTS) is 1. The number of rotatable bonds is 3. The first-order valence-corrected chi connectivity index (χ1v) is 5.21. The average molecular weight is 292 g/mol. The molecule has 0 atom stereocenters. The van der Waals surface area contributed by atoms with Crippen LogP contribution in [-0.2, 0) is 6.42 Å². The van der Waals surface area contributed by atoms with Crippen LogP contribution >= 0.6 is 27.5 Å². The summed E-state index contributed by atoms with van der Waals surface area (Å²) in [7, 11) is 0. The van der Waals surface area contributed by atoms with Gasteiger partial charge in [-0.25, -0.2) is 10.2 Å². The van der Waals surface area contributed by atoms with E-state index in [0.29, 0.717) is 11.4 Å². The van der Waals surface area contributed by atoms with Crippen molar-refractivity contribution >= 4 is 39.8 Å². The van der Waals surface area contributed by atoms with Crippen LogP contribution in [0.1, 0.15) is 5.56 Å². The average Bonchev–Trinajstić information content (AvgIpc) is 2.14. The number of nitrogens with one attached hydrogen (secondary N) is 1. The Labute approximate surface area is 100 Å². The van der Waals surface area contributed by atoms with E-state index in [4.69, 9.17) is 16.7 Å². The fourth-order valence-electron chi connectivity index (χ4n) is 0.932. The smallest absolute Gasteiger partial charge is 0.425 e. The lowest BCUT2D eigenvalue weighted by atomic mass is 10.2. The van der Waals surface area contributed by atoms with Gasteiger partial charge in [-0.2, -0.15) is 5.10 Å². The Hall–Kier alpha value is -1.07. The van der Waals surface area contributed by atoms with Crippen molar-refractivity contribution in [2.75, 3.05) is 0 Å². The number of benzene rings is 1. The lowest BCUT2D eigenvalue weighted by Gasteiger charge is -2.00. The third-order valence-electron chi connectivity index (χ3n) is 1.58. The van der Waals surface area contributed by atoms with Gasteiger partial charge in [-0.15, -0.1) is 0 Å². The molecular weight excluding hydrogens is 283 g/mol. The molecule has 2 N–H and O–H groups in total. The summed E-state index contributed by atoms with van der Waals surface area (Å²) in [5.74, 6) is 0. The van der Waals surface area contributed by atoms with Gasteiger partial charge in [0.15, 0.2) is 0 Å². The predicted octanol–water partition coefficient (Wildman–Crippen LogP) is 2.90. The Morgan fingerprint density at radius 2 is 2.40 bits per heavy atom.